The number of rotatable bonds is 7. The molecule has 1 rings (SSSR count). The Kier molecular flexibility index (Phi) is 6.27. The lowest BCUT2D eigenvalue weighted by molar-refractivity contribution is -0.125. The van der Waals surface area contributed by atoms with E-state index in [9.17, 15) is 13.2 Å². The van der Waals surface area contributed by atoms with Crippen LogP contribution in [0.1, 0.15) is 18.9 Å². The van der Waals surface area contributed by atoms with Crippen LogP contribution in [0.15, 0.2) is 29.2 Å². The van der Waals surface area contributed by atoms with Gasteiger partial charge in [0.05, 0.1) is 4.90 Å². The summed E-state index contributed by atoms with van der Waals surface area (Å²) in [6, 6.07) is 6.00. The minimum absolute atomic E-state index is 0.0297. The number of ether oxygens (including phenoxy) is 1. The lowest BCUT2D eigenvalue weighted by Crippen LogP contribution is -2.27. The van der Waals surface area contributed by atoms with Crippen LogP contribution in [0.5, 0.6) is 0 Å². The Bertz CT molecular complexity index is 513. The maximum Gasteiger partial charge on any atom is 0.261 e. The van der Waals surface area contributed by atoms with E-state index in [1.165, 1.54) is 12.1 Å². The van der Waals surface area contributed by atoms with Gasteiger partial charge >= 0.3 is 0 Å². The highest BCUT2D eigenvalue weighted by Crippen LogP contribution is 2.15. The molecule has 0 spiro atoms. The minimum Gasteiger partial charge on any atom is -0.372 e. The minimum atomic E-state index is -3.70. The van der Waals surface area contributed by atoms with E-state index in [1.807, 2.05) is 6.92 Å². The number of carbonyl (C=O) groups excluding carboxylic acids is 1. The molecule has 19 heavy (non-hydrogen) atoms. The molecule has 0 fully saturated rings. The number of carbonyl (C=O) groups is 1. The summed E-state index contributed by atoms with van der Waals surface area (Å²) >= 11 is 0. The summed E-state index contributed by atoms with van der Waals surface area (Å²) < 4.78 is 27.2. The van der Waals surface area contributed by atoms with E-state index in [1.54, 1.807) is 12.1 Å². The number of hydrogen-bond donors (Lipinski definition) is 1. The zero-order valence-corrected chi connectivity index (χ0v) is 12.1. The van der Waals surface area contributed by atoms with Gasteiger partial charge in [-0.2, -0.15) is 0 Å². The zero-order valence-electron chi connectivity index (χ0n) is 10.6. The Labute approximate surface area is 117 Å². The molecule has 1 aromatic carbocycles. The number of nitrogens with one attached hydrogen (secondary N) is 1. The molecule has 0 aliphatic carbocycles. The van der Waals surface area contributed by atoms with Crippen molar-refractivity contribution in [1.29, 1.82) is 0 Å². The summed E-state index contributed by atoms with van der Waals surface area (Å²) in [4.78, 5) is 11.4. The van der Waals surface area contributed by atoms with Gasteiger partial charge < -0.3 is 10.1 Å². The van der Waals surface area contributed by atoms with E-state index in [0.29, 0.717) is 13.2 Å². The van der Waals surface area contributed by atoms with Crippen molar-refractivity contribution in [2.75, 3.05) is 13.2 Å². The van der Waals surface area contributed by atoms with Crippen LogP contribution in [0.25, 0.3) is 0 Å². The SMILES string of the molecule is CCCOCC(=O)NCc1ccc(S(=O)(=O)Cl)cc1. The summed E-state index contributed by atoms with van der Waals surface area (Å²) in [6.07, 6.45) is 0.863. The highest BCUT2D eigenvalue weighted by atomic mass is 35.7. The van der Waals surface area contributed by atoms with Crippen LogP contribution in [0, 0.1) is 0 Å². The van der Waals surface area contributed by atoms with Crippen molar-refractivity contribution in [3.63, 3.8) is 0 Å². The zero-order chi connectivity index (χ0) is 14.3. The standard InChI is InChI=1S/C12H16ClNO4S/c1-2-7-18-9-12(15)14-8-10-3-5-11(6-4-10)19(13,16)17/h3-6H,2,7-9H2,1H3,(H,14,15). The van der Waals surface area contributed by atoms with Gasteiger partial charge in [-0.25, -0.2) is 8.42 Å². The first-order chi connectivity index (χ1) is 8.93. The van der Waals surface area contributed by atoms with Gasteiger partial charge in [-0.15, -0.1) is 0 Å². The summed E-state index contributed by atoms with van der Waals surface area (Å²) in [5, 5.41) is 2.67. The van der Waals surface area contributed by atoms with E-state index in [0.717, 1.165) is 12.0 Å². The first-order valence-corrected chi connectivity index (χ1v) is 8.12. The van der Waals surface area contributed by atoms with Crippen LogP contribution in [0.2, 0.25) is 0 Å². The number of amides is 1. The lowest BCUT2D eigenvalue weighted by Gasteiger charge is -2.06. The molecule has 0 bridgehead atoms. The third kappa shape index (κ3) is 6.04. The van der Waals surface area contributed by atoms with Gasteiger partial charge in [0.25, 0.3) is 9.05 Å². The second-order valence-electron chi connectivity index (χ2n) is 3.91. The third-order valence-electron chi connectivity index (χ3n) is 2.28. The molecule has 0 saturated carbocycles. The number of benzene rings is 1. The maximum absolute atomic E-state index is 11.4. The third-order valence-corrected chi connectivity index (χ3v) is 3.65. The van der Waals surface area contributed by atoms with Crippen molar-refractivity contribution >= 4 is 25.6 Å². The fraction of sp³-hybridized carbons (Fsp3) is 0.417. The molecule has 0 aliphatic rings. The molecule has 1 N–H and O–H groups in total. The molecule has 0 atom stereocenters. The normalized spacial score (nSPS) is 11.3. The molecule has 106 valence electrons. The van der Waals surface area contributed by atoms with Crippen molar-refractivity contribution in [2.45, 2.75) is 24.8 Å². The topological polar surface area (TPSA) is 72.5 Å². The molecule has 0 saturated heterocycles. The molecule has 0 radical (unpaired) electrons. The van der Waals surface area contributed by atoms with Gasteiger partial charge in [0.2, 0.25) is 5.91 Å². The van der Waals surface area contributed by atoms with Gasteiger partial charge in [0.1, 0.15) is 6.61 Å². The molecule has 0 heterocycles. The Morgan fingerprint density at radius 3 is 2.47 bits per heavy atom. The van der Waals surface area contributed by atoms with Crippen molar-refractivity contribution in [1.82, 2.24) is 5.32 Å². The highest BCUT2D eigenvalue weighted by molar-refractivity contribution is 8.13. The fourth-order valence-corrected chi connectivity index (χ4v) is 2.10. The van der Waals surface area contributed by atoms with Gasteiger partial charge in [0.15, 0.2) is 0 Å². The summed E-state index contributed by atoms with van der Waals surface area (Å²) in [5.41, 5.74) is 0.785. The van der Waals surface area contributed by atoms with Crippen molar-refractivity contribution in [3.05, 3.63) is 29.8 Å². The number of halogens is 1. The molecule has 1 aromatic rings. The van der Waals surface area contributed by atoms with Crippen molar-refractivity contribution < 1.29 is 17.9 Å². The lowest BCUT2D eigenvalue weighted by atomic mass is 10.2. The van der Waals surface area contributed by atoms with Crippen LogP contribution < -0.4 is 5.32 Å². The summed E-state index contributed by atoms with van der Waals surface area (Å²) in [6.45, 7) is 2.86. The molecule has 7 heteroatoms. The molecule has 0 unspecified atom stereocenters. The first kappa shape index (κ1) is 15.9. The van der Waals surface area contributed by atoms with E-state index >= 15 is 0 Å². The van der Waals surface area contributed by atoms with Crippen LogP contribution in [-0.2, 0) is 25.1 Å². The Hall–Kier alpha value is -1.11. The average molecular weight is 306 g/mol. The van der Waals surface area contributed by atoms with E-state index in [-0.39, 0.29) is 17.4 Å². The molecular weight excluding hydrogens is 290 g/mol. The average Bonchev–Trinajstić information content (AvgIpc) is 2.36. The van der Waals surface area contributed by atoms with Crippen LogP contribution in [0.3, 0.4) is 0 Å². The van der Waals surface area contributed by atoms with Crippen LogP contribution >= 0.6 is 10.7 Å². The molecule has 5 nitrogen and oxygen atoms in total. The summed E-state index contributed by atoms with van der Waals surface area (Å²) in [7, 11) is 1.49. The van der Waals surface area contributed by atoms with Gasteiger partial charge in [-0.1, -0.05) is 19.1 Å². The van der Waals surface area contributed by atoms with E-state index in [2.05, 4.69) is 5.32 Å². The predicted octanol–water partition coefficient (Wildman–Crippen LogP) is 1.66. The second-order valence-corrected chi connectivity index (χ2v) is 6.48. The molecule has 0 aromatic heterocycles. The Morgan fingerprint density at radius 1 is 1.32 bits per heavy atom. The van der Waals surface area contributed by atoms with Crippen molar-refractivity contribution in [3.8, 4) is 0 Å². The quantitative estimate of drug-likeness (QED) is 0.614. The maximum atomic E-state index is 11.4. The fourth-order valence-electron chi connectivity index (χ4n) is 1.33. The first-order valence-electron chi connectivity index (χ1n) is 5.81. The van der Waals surface area contributed by atoms with E-state index in [4.69, 9.17) is 15.4 Å². The Morgan fingerprint density at radius 2 is 1.95 bits per heavy atom. The second kappa shape index (κ2) is 7.47. The molecule has 0 aliphatic heterocycles. The smallest absolute Gasteiger partial charge is 0.261 e. The monoisotopic (exact) mass is 305 g/mol. The highest BCUT2D eigenvalue weighted by Gasteiger charge is 2.09. The Balaban J connectivity index is 2.44. The largest absolute Gasteiger partial charge is 0.372 e. The molecular formula is C12H16ClNO4S. The van der Waals surface area contributed by atoms with Gasteiger partial charge in [-0.05, 0) is 24.1 Å². The number of hydrogen-bond acceptors (Lipinski definition) is 4. The van der Waals surface area contributed by atoms with Crippen LogP contribution in [-0.4, -0.2) is 27.5 Å². The van der Waals surface area contributed by atoms with Gasteiger partial charge in [-0.3, -0.25) is 4.79 Å². The predicted molar refractivity (Wildman–Crippen MR) is 72.4 cm³/mol. The summed E-state index contributed by atoms with van der Waals surface area (Å²) in [5.74, 6) is -0.206. The van der Waals surface area contributed by atoms with Crippen LogP contribution in [0.4, 0.5) is 0 Å². The van der Waals surface area contributed by atoms with Crippen molar-refractivity contribution in [2.24, 2.45) is 0 Å². The van der Waals surface area contributed by atoms with E-state index < -0.39 is 9.05 Å². The van der Waals surface area contributed by atoms with Gasteiger partial charge in [0, 0.05) is 23.8 Å². The molecule has 1 amide bonds.